The van der Waals surface area contributed by atoms with Crippen LogP contribution in [0.25, 0.3) is 11.1 Å². The van der Waals surface area contributed by atoms with Gasteiger partial charge in [-0.05, 0) is 24.3 Å². The van der Waals surface area contributed by atoms with Crippen LogP contribution < -0.4 is 11.1 Å². The number of rotatable bonds is 3. The predicted molar refractivity (Wildman–Crippen MR) is 76.9 cm³/mol. The summed E-state index contributed by atoms with van der Waals surface area (Å²) in [5.74, 6) is -1.10. The van der Waals surface area contributed by atoms with Crippen molar-refractivity contribution in [2.75, 3.05) is 5.32 Å². The van der Waals surface area contributed by atoms with E-state index in [1.807, 2.05) is 0 Å². The minimum absolute atomic E-state index is 0.00468. The molecule has 21 heavy (non-hydrogen) atoms. The lowest BCUT2D eigenvalue weighted by Gasteiger charge is -2.03. The van der Waals surface area contributed by atoms with E-state index in [0.29, 0.717) is 16.7 Å². The summed E-state index contributed by atoms with van der Waals surface area (Å²) in [6, 6.07) is 11.9. The maximum Gasteiger partial charge on any atom is 0.257 e. The highest BCUT2D eigenvalue weighted by molar-refractivity contribution is 6.12. The Morgan fingerprint density at radius 2 is 1.86 bits per heavy atom. The molecule has 2 aromatic heterocycles. The summed E-state index contributed by atoms with van der Waals surface area (Å²) >= 11 is 0. The van der Waals surface area contributed by atoms with Crippen LogP contribution in [-0.2, 0) is 0 Å². The van der Waals surface area contributed by atoms with Gasteiger partial charge < -0.3 is 10.2 Å². The van der Waals surface area contributed by atoms with E-state index >= 15 is 0 Å². The van der Waals surface area contributed by atoms with Crippen LogP contribution in [0, 0.1) is 0 Å². The molecular formula is C15H11N3O3. The normalized spacial score (nSPS) is 10.5. The number of primary amides is 1. The van der Waals surface area contributed by atoms with Gasteiger partial charge in [-0.2, -0.15) is 0 Å². The number of nitrogens with two attached hydrogens (primary N) is 1. The fourth-order valence-electron chi connectivity index (χ4n) is 2.01. The molecule has 0 aliphatic carbocycles. The first-order chi connectivity index (χ1) is 10.2. The van der Waals surface area contributed by atoms with Gasteiger partial charge in [0.05, 0.1) is 0 Å². The molecule has 0 aliphatic heterocycles. The van der Waals surface area contributed by atoms with E-state index < -0.39 is 11.8 Å². The zero-order valence-electron chi connectivity index (χ0n) is 10.9. The molecule has 0 spiro atoms. The monoisotopic (exact) mass is 281 g/mol. The summed E-state index contributed by atoms with van der Waals surface area (Å²) in [6.45, 7) is 0. The summed E-state index contributed by atoms with van der Waals surface area (Å²) < 4.78 is 5.46. The minimum Gasteiger partial charge on any atom is -0.438 e. The van der Waals surface area contributed by atoms with Crippen molar-refractivity contribution < 1.29 is 14.0 Å². The van der Waals surface area contributed by atoms with Gasteiger partial charge in [0.15, 0.2) is 5.58 Å². The summed E-state index contributed by atoms with van der Waals surface area (Å²) in [4.78, 5) is 27.8. The smallest absolute Gasteiger partial charge is 0.257 e. The molecule has 3 aromatic rings. The Balaban J connectivity index is 2.03. The van der Waals surface area contributed by atoms with Gasteiger partial charge >= 0.3 is 0 Å². The van der Waals surface area contributed by atoms with Gasteiger partial charge in [-0.25, -0.2) is 0 Å². The Morgan fingerprint density at radius 3 is 2.57 bits per heavy atom. The predicted octanol–water partition coefficient (Wildman–Crippen LogP) is 2.18. The molecule has 0 unspecified atom stereocenters. The van der Waals surface area contributed by atoms with Crippen molar-refractivity contribution in [3.05, 3.63) is 59.8 Å². The molecule has 0 saturated carbocycles. The first kappa shape index (κ1) is 12.9. The number of fused-ring (bicyclic) bond motifs is 1. The van der Waals surface area contributed by atoms with E-state index in [4.69, 9.17) is 10.2 Å². The molecule has 104 valence electrons. The van der Waals surface area contributed by atoms with Gasteiger partial charge in [0.1, 0.15) is 11.1 Å². The molecule has 0 radical (unpaired) electrons. The van der Waals surface area contributed by atoms with Gasteiger partial charge in [-0.1, -0.05) is 18.2 Å². The van der Waals surface area contributed by atoms with E-state index in [0.717, 1.165) is 0 Å². The van der Waals surface area contributed by atoms with Crippen LogP contribution in [-0.4, -0.2) is 16.8 Å². The average Bonchev–Trinajstić information content (AvgIpc) is 2.86. The third-order valence-electron chi connectivity index (χ3n) is 2.96. The second-order valence-corrected chi connectivity index (χ2v) is 4.34. The van der Waals surface area contributed by atoms with Crippen molar-refractivity contribution in [3.63, 3.8) is 0 Å². The van der Waals surface area contributed by atoms with Crippen LogP contribution in [0.15, 0.2) is 53.1 Å². The lowest BCUT2D eigenvalue weighted by molar-refractivity contribution is 0.100. The summed E-state index contributed by atoms with van der Waals surface area (Å²) in [5, 5.41) is 2.55. The van der Waals surface area contributed by atoms with Gasteiger partial charge in [-0.15, -0.1) is 0 Å². The van der Waals surface area contributed by atoms with Crippen LogP contribution in [0.1, 0.15) is 20.7 Å². The van der Waals surface area contributed by atoms with Crippen LogP contribution in [0.2, 0.25) is 0 Å². The highest BCUT2D eigenvalue weighted by Crippen LogP contribution is 2.28. The molecule has 3 N–H and O–H groups in total. The van der Waals surface area contributed by atoms with Crippen molar-refractivity contribution >= 4 is 28.8 Å². The van der Waals surface area contributed by atoms with E-state index in [-0.39, 0.29) is 11.4 Å². The quantitative estimate of drug-likeness (QED) is 0.768. The van der Waals surface area contributed by atoms with E-state index in [1.54, 1.807) is 42.5 Å². The molecule has 0 fully saturated rings. The number of hydrogen-bond donors (Lipinski definition) is 2. The second-order valence-electron chi connectivity index (χ2n) is 4.34. The SMILES string of the molecule is NC(=O)c1c(NC(=O)c2ccccc2)oc2cccnc12. The molecule has 1 aromatic carbocycles. The Labute approximate surface area is 119 Å². The number of hydrogen-bond acceptors (Lipinski definition) is 4. The van der Waals surface area contributed by atoms with E-state index in [9.17, 15) is 9.59 Å². The number of nitrogens with zero attached hydrogens (tertiary/aromatic N) is 1. The van der Waals surface area contributed by atoms with E-state index in [2.05, 4.69) is 10.3 Å². The second kappa shape index (κ2) is 5.09. The van der Waals surface area contributed by atoms with E-state index in [1.165, 1.54) is 6.20 Å². The first-order valence-electron chi connectivity index (χ1n) is 6.20. The maximum absolute atomic E-state index is 12.1. The van der Waals surface area contributed by atoms with Crippen molar-refractivity contribution in [2.45, 2.75) is 0 Å². The number of anilines is 1. The highest BCUT2D eigenvalue weighted by atomic mass is 16.4. The third kappa shape index (κ3) is 2.34. The summed E-state index contributed by atoms with van der Waals surface area (Å²) in [7, 11) is 0. The largest absolute Gasteiger partial charge is 0.438 e. The molecule has 0 bridgehead atoms. The van der Waals surface area contributed by atoms with Crippen molar-refractivity contribution in [3.8, 4) is 0 Å². The van der Waals surface area contributed by atoms with Gasteiger partial charge in [0.25, 0.3) is 11.8 Å². The summed E-state index contributed by atoms with van der Waals surface area (Å²) in [6.07, 6.45) is 1.52. The molecule has 2 amide bonds. The molecule has 0 saturated heterocycles. The number of pyridine rings is 1. The zero-order chi connectivity index (χ0) is 14.8. The maximum atomic E-state index is 12.1. The molecular weight excluding hydrogens is 270 g/mol. The lowest BCUT2D eigenvalue weighted by Crippen LogP contribution is -2.17. The molecule has 0 aliphatic rings. The topological polar surface area (TPSA) is 98.2 Å². The van der Waals surface area contributed by atoms with Crippen LogP contribution >= 0.6 is 0 Å². The molecule has 6 heteroatoms. The number of furan rings is 1. The molecule has 3 rings (SSSR count). The number of amides is 2. The van der Waals surface area contributed by atoms with Crippen LogP contribution in [0.3, 0.4) is 0 Å². The summed E-state index contributed by atoms with van der Waals surface area (Å²) in [5.41, 5.74) is 6.57. The Kier molecular flexibility index (Phi) is 3.12. The van der Waals surface area contributed by atoms with Gasteiger partial charge in [0, 0.05) is 11.8 Å². The molecule has 0 atom stereocenters. The number of nitrogens with one attached hydrogen (secondary N) is 1. The van der Waals surface area contributed by atoms with Crippen LogP contribution in [0.4, 0.5) is 5.88 Å². The number of carbonyl (C=O) groups is 2. The van der Waals surface area contributed by atoms with Crippen LogP contribution in [0.5, 0.6) is 0 Å². The Morgan fingerprint density at radius 1 is 1.10 bits per heavy atom. The Bertz CT molecular complexity index is 825. The van der Waals surface area contributed by atoms with Crippen molar-refractivity contribution in [1.29, 1.82) is 0 Å². The number of carbonyl (C=O) groups excluding carboxylic acids is 2. The fourth-order valence-corrected chi connectivity index (χ4v) is 2.01. The fraction of sp³-hybridized carbons (Fsp3) is 0. The average molecular weight is 281 g/mol. The number of aromatic nitrogens is 1. The lowest BCUT2D eigenvalue weighted by atomic mass is 10.2. The molecule has 6 nitrogen and oxygen atoms in total. The van der Waals surface area contributed by atoms with Gasteiger partial charge in [0.2, 0.25) is 5.88 Å². The van der Waals surface area contributed by atoms with Crippen molar-refractivity contribution in [2.24, 2.45) is 5.73 Å². The highest BCUT2D eigenvalue weighted by Gasteiger charge is 2.21. The molecule has 2 heterocycles. The number of benzene rings is 1. The first-order valence-corrected chi connectivity index (χ1v) is 6.20. The zero-order valence-corrected chi connectivity index (χ0v) is 10.9. The van der Waals surface area contributed by atoms with Crippen molar-refractivity contribution in [1.82, 2.24) is 4.98 Å². The standard InChI is InChI=1S/C15H11N3O3/c16-13(19)11-12-10(7-4-8-17-12)21-15(11)18-14(20)9-5-2-1-3-6-9/h1-8H,(H2,16,19)(H,18,20). The minimum atomic E-state index is -0.712. The Hall–Kier alpha value is -3.15. The van der Waals surface area contributed by atoms with Gasteiger partial charge in [-0.3, -0.25) is 19.9 Å². The third-order valence-corrected chi connectivity index (χ3v) is 2.96.